The summed E-state index contributed by atoms with van der Waals surface area (Å²) in [4.78, 5) is 27.1. The van der Waals surface area contributed by atoms with Crippen molar-refractivity contribution in [2.75, 3.05) is 5.32 Å². The van der Waals surface area contributed by atoms with E-state index in [0.717, 1.165) is 22.9 Å². The molecule has 1 amide bonds. The van der Waals surface area contributed by atoms with Gasteiger partial charge in [-0.25, -0.2) is 0 Å². The fraction of sp³-hybridized carbons (Fsp3) is 0.222. The molecule has 2 N–H and O–H groups in total. The van der Waals surface area contributed by atoms with Crippen LogP contribution in [0, 0.1) is 0 Å². The third kappa shape index (κ3) is 3.34. The van der Waals surface area contributed by atoms with Crippen molar-refractivity contribution in [1.29, 1.82) is 0 Å². The van der Waals surface area contributed by atoms with E-state index >= 15 is 0 Å². The zero-order chi connectivity index (χ0) is 16.2. The molecule has 5 nitrogen and oxygen atoms in total. The van der Waals surface area contributed by atoms with Gasteiger partial charge in [-0.2, -0.15) is 0 Å². The number of amides is 1. The van der Waals surface area contributed by atoms with E-state index in [1.807, 2.05) is 37.4 Å². The molecule has 0 aliphatic heterocycles. The van der Waals surface area contributed by atoms with Crippen LogP contribution in [0.5, 0.6) is 0 Å². The van der Waals surface area contributed by atoms with Crippen molar-refractivity contribution in [3.05, 3.63) is 64.7 Å². The molecule has 2 heterocycles. The van der Waals surface area contributed by atoms with E-state index in [4.69, 9.17) is 0 Å². The molecule has 0 saturated carbocycles. The van der Waals surface area contributed by atoms with Crippen LogP contribution >= 0.6 is 0 Å². The largest absolute Gasteiger partial charge is 0.361 e. The van der Waals surface area contributed by atoms with Crippen LogP contribution in [-0.2, 0) is 17.8 Å². The SMILES string of the molecule is CCCn1cc(NC(=O)Cc2c[nH]c3ccccc23)ccc1=O. The van der Waals surface area contributed by atoms with Crippen molar-refractivity contribution in [1.82, 2.24) is 9.55 Å². The van der Waals surface area contributed by atoms with Gasteiger partial charge < -0.3 is 14.9 Å². The molecule has 3 rings (SSSR count). The summed E-state index contributed by atoms with van der Waals surface area (Å²) in [6.45, 7) is 2.65. The molecule has 0 aliphatic rings. The second-order valence-corrected chi connectivity index (χ2v) is 5.53. The molecular weight excluding hydrogens is 290 g/mol. The van der Waals surface area contributed by atoms with E-state index in [9.17, 15) is 9.59 Å². The number of rotatable bonds is 5. The molecule has 5 heteroatoms. The smallest absolute Gasteiger partial charge is 0.250 e. The van der Waals surface area contributed by atoms with E-state index in [1.165, 1.54) is 6.07 Å². The van der Waals surface area contributed by atoms with Crippen molar-refractivity contribution in [3.8, 4) is 0 Å². The van der Waals surface area contributed by atoms with Gasteiger partial charge in [-0.05, 0) is 24.1 Å². The van der Waals surface area contributed by atoms with Crippen LogP contribution in [-0.4, -0.2) is 15.5 Å². The topological polar surface area (TPSA) is 66.9 Å². The quantitative estimate of drug-likeness (QED) is 0.761. The Morgan fingerprint density at radius 1 is 1.22 bits per heavy atom. The van der Waals surface area contributed by atoms with Crippen molar-refractivity contribution in [2.24, 2.45) is 0 Å². The van der Waals surface area contributed by atoms with Crippen LogP contribution in [0.1, 0.15) is 18.9 Å². The molecule has 0 unspecified atom stereocenters. The fourth-order valence-corrected chi connectivity index (χ4v) is 2.68. The Bertz CT molecular complexity index is 892. The molecule has 0 aliphatic carbocycles. The number of nitrogens with zero attached hydrogens (tertiary/aromatic N) is 1. The van der Waals surface area contributed by atoms with E-state index in [-0.39, 0.29) is 17.9 Å². The highest BCUT2D eigenvalue weighted by atomic mass is 16.1. The number of hydrogen-bond acceptors (Lipinski definition) is 2. The highest BCUT2D eigenvalue weighted by Crippen LogP contribution is 2.18. The van der Waals surface area contributed by atoms with Crippen molar-refractivity contribution in [2.45, 2.75) is 26.3 Å². The molecule has 0 spiro atoms. The predicted octanol–water partition coefficient (Wildman–Crippen LogP) is 2.92. The first kappa shape index (κ1) is 15.1. The summed E-state index contributed by atoms with van der Waals surface area (Å²) in [6, 6.07) is 11.0. The number of fused-ring (bicyclic) bond motifs is 1. The first-order chi connectivity index (χ1) is 11.2. The minimum Gasteiger partial charge on any atom is -0.361 e. The number of carbonyl (C=O) groups excluding carboxylic acids is 1. The first-order valence-corrected chi connectivity index (χ1v) is 7.72. The second-order valence-electron chi connectivity index (χ2n) is 5.53. The van der Waals surface area contributed by atoms with Crippen molar-refractivity contribution in [3.63, 3.8) is 0 Å². The first-order valence-electron chi connectivity index (χ1n) is 7.72. The molecule has 118 valence electrons. The second kappa shape index (κ2) is 6.52. The number of carbonyl (C=O) groups is 1. The average molecular weight is 309 g/mol. The minimum absolute atomic E-state index is 0.0542. The summed E-state index contributed by atoms with van der Waals surface area (Å²) in [7, 11) is 0. The lowest BCUT2D eigenvalue weighted by molar-refractivity contribution is -0.115. The standard InChI is InChI=1S/C18H19N3O2/c1-2-9-21-12-14(7-8-18(21)23)20-17(22)10-13-11-19-16-6-4-3-5-15(13)16/h3-8,11-12,19H,2,9-10H2,1H3,(H,20,22). The zero-order valence-corrected chi connectivity index (χ0v) is 13.0. The maximum atomic E-state index is 12.3. The Morgan fingerprint density at radius 2 is 2.04 bits per heavy atom. The molecular formula is C18H19N3O2. The van der Waals surface area contributed by atoms with Crippen LogP contribution in [0.4, 0.5) is 5.69 Å². The number of anilines is 1. The lowest BCUT2D eigenvalue weighted by Crippen LogP contribution is -2.21. The molecule has 0 atom stereocenters. The third-order valence-electron chi connectivity index (χ3n) is 3.76. The highest BCUT2D eigenvalue weighted by molar-refractivity contribution is 5.95. The van der Waals surface area contributed by atoms with Gasteiger partial charge in [0.25, 0.3) is 5.56 Å². The van der Waals surface area contributed by atoms with Crippen molar-refractivity contribution >= 4 is 22.5 Å². The number of aromatic nitrogens is 2. The number of aromatic amines is 1. The Morgan fingerprint density at radius 3 is 2.87 bits per heavy atom. The number of nitrogens with one attached hydrogen (secondary N) is 2. The molecule has 0 bridgehead atoms. The highest BCUT2D eigenvalue weighted by Gasteiger charge is 2.09. The van der Waals surface area contributed by atoms with Gasteiger partial charge in [0.05, 0.1) is 12.1 Å². The molecule has 23 heavy (non-hydrogen) atoms. The lowest BCUT2D eigenvalue weighted by Gasteiger charge is -2.08. The summed E-state index contributed by atoms with van der Waals surface area (Å²) in [5, 5.41) is 3.91. The number of aryl methyl sites for hydroxylation is 1. The number of para-hydroxylation sites is 1. The monoisotopic (exact) mass is 309 g/mol. The van der Waals surface area contributed by atoms with Gasteiger partial charge in [0.15, 0.2) is 0 Å². The average Bonchev–Trinajstić information content (AvgIpc) is 2.94. The van der Waals surface area contributed by atoms with Crippen LogP contribution in [0.25, 0.3) is 10.9 Å². The lowest BCUT2D eigenvalue weighted by atomic mass is 10.1. The van der Waals surface area contributed by atoms with E-state index in [0.29, 0.717) is 12.2 Å². The zero-order valence-electron chi connectivity index (χ0n) is 13.0. The molecule has 0 fully saturated rings. The summed E-state index contributed by atoms with van der Waals surface area (Å²) in [5.74, 6) is -0.101. The molecule has 0 saturated heterocycles. The molecule has 0 radical (unpaired) electrons. The normalized spacial score (nSPS) is 10.8. The maximum Gasteiger partial charge on any atom is 0.250 e. The number of pyridine rings is 1. The van der Waals surface area contributed by atoms with Crippen LogP contribution in [0.15, 0.2) is 53.6 Å². The van der Waals surface area contributed by atoms with Gasteiger partial charge in [-0.1, -0.05) is 25.1 Å². The van der Waals surface area contributed by atoms with Gasteiger partial charge in [0.1, 0.15) is 0 Å². The Balaban J connectivity index is 1.74. The molecule has 2 aromatic heterocycles. The van der Waals surface area contributed by atoms with E-state index < -0.39 is 0 Å². The van der Waals surface area contributed by atoms with Crippen molar-refractivity contribution < 1.29 is 4.79 Å². The van der Waals surface area contributed by atoms with E-state index in [1.54, 1.807) is 16.8 Å². The van der Waals surface area contributed by atoms with Crippen LogP contribution in [0.2, 0.25) is 0 Å². The fourth-order valence-electron chi connectivity index (χ4n) is 2.68. The Labute approximate surface area is 134 Å². The summed E-state index contributed by atoms with van der Waals surface area (Å²) >= 11 is 0. The van der Waals surface area contributed by atoms with Gasteiger partial charge in [-0.3, -0.25) is 9.59 Å². The van der Waals surface area contributed by atoms with Gasteiger partial charge in [-0.15, -0.1) is 0 Å². The third-order valence-corrected chi connectivity index (χ3v) is 3.76. The van der Waals surface area contributed by atoms with Gasteiger partial charge in [0, 0.05) is 35.9 Å². The minimum atomic E-state index is -0.101. The Kier molecular flexibility index (Phi) is 4.28. The van der Waals surface area contributed by atoms with Crippen LogP contribution < -0.4 is 10.9 Å². The Hall–Kier alpha value is -2.82. The summed E-state index contributed by atoms with van der Waals surface area (Å²) in [5.41, 5.74) is 2.57. The number of benzene rings is 1. The predicted molar refractivity (Wildman–Crippen MR) is 91.6 cm³/mol. The van der Waals surface area contributed by atoms with Gasteiger partial charge in [0.2, 0.25) is 5.91 Å². The summed E-state index contributed by atoms with van der Waals surface area (Å²) in [6.07, 6.45) is 4.71. The van der Waals surface area contributed by atoms with Crippen LogP contribution in [0.3, 0.4) is 0 Å². The van der Waals surface area contributed by atoms with Gasteiger partial charge >= 0.3 is 0 Å². The molecule has 3 aromatic rings. The molecule has 1 aromatic carbocycles. The summed E-state index contributed by atoms with van der Waals surface area (Å²) < 4.78 is 1.61. The number of hydrogen-bond donors (Lipinski definition) is 2. The number of H-pyrrole nitrogens is 1. The van der Waals surface area contributed by atoms with E-state index in [2.05, 4.69) is 10.3 Å². The maximum absolute atomic E-state index is 12.3.